The van der Waals surface area contributed by atoms with Crippen molar-refractivity contribution >= 4 is 17.7 Å². The lowest BCUT2D eigenvalue weighted by atomic mass is 10.0. The van der Waals surface area contributed by atoms with Crippen LogP contribution in [0.2, 0.25) is 0 Å². The van der Waals surface area contributed by atoms with Crippen LogP contribution in [0.4, 0.5) is 19.0 Å². The fourth-order valence-corrected chi connectivity index (χ4v) is 4.83. The zero-order valence-electron chi connectivity index (χ0n) is 22.0. The molecule has 2 heterocycles. The van der Waals surface area contributed by atoms with Gasteiger partial charge in [0.15, 0.2) is 0 Å². The van der Waals surface area contributed by atoms with E-state index in [2.05, 4.69) is 10.4 Å². The van der Waals surface area contributed by atoms with Gasteiger partial charge in [0.2, 0.25) is 0 Å². The van der Waals surface area contributed by atoms with E-state index in [0.29, 0.717) is 59.7 Å². The molecule has 1 aromatic heterocycles. The van der Waals surface area contributed by atoms with Crippen molar-refractivity contribution in [1.29, 1.82) is 0 Å². The lowest BCUT2D eigenvalue weighted by Gasteiger charge is -2.21. The highest BCUT2D eigenvalue weighted by atomic mass is 19.4. The Hall–Kier alpha value is -3.86. The number of benzene rings is 2. The van der Waals surface area contributed by atoms with Gasteiger partial charge in [0.1, 0.15) is 11.4 Å². The van der Waals surface area contributed by atoms with Gasteiger partial charge in [0.25, 0.3) is 5.91 Å². The highest BCUT2D eigenvalue weighted by Gasteiger charge is 2.33. The largest absolute Gasteiger partial charge is 0.465 e. The van der Waals surface area contributed by atoms with Crippen molar-refractivity contribution in [3.63, 3.8) is 0 Å². The summed E-state index contributed by atoms with van der Waals surface area (Å²) in [5.41, 5.74) is 2.31. The van der Waals surface area contributed by atoms with Crippen molar-refractivity contribution < 1.29 is 32.6 Å². The number of amides is 1. The minimum absolute atomic E-state index is 0.109. The number of hydrogen-bond donors (Lipinski definition) is 2. The number of aliphatic hydroxyl groups is 1. The number of carbonyl (C=O) groups excluding carboxylic acids is 2. The van der Waals surface area contributed by atoms with Crippen LogP contribution in [0.15, 0.2) is 42.5 Å². The Bertz CT molecular complexity index is 1350. The number of esters is 1. The van der Waals surface area contributed by atoms with Crippen LogP contribution in [0.5, 0.6) is 0 Å². The summed E-state index contributed by atoms with van der Waals surface area (Å²) in [5, 5.41) is 16.6. The van der Waals surface area contributed by atoms with Gasteiger partial charge in [0, 0.05) is 19.7 Å². The number of anilines is 1. The zero-order chi connectivity index (χ0) is 28.3. The molecule has 8 nitrogen and oxygen atoms in total. The molecule has 1 aliphatic heterocycles. The van der Waals surface area contributed by atoms with E-state index < -0.39 is 17.7 Å². The first-order valence-electron chi connectivity index (χ1n) is 12.6. The smallest absolute Gasteiger partial charge is 0.416 e. The second kappa shape index (κ2) is 11.5. The molecule has 3 aromatic rings. The second-order valence-corrected chi connectivity index (χ2v) is 9.60. The van der Waals surface area contributed by atoms with Crippen molar-refractivity contribution in [2.75, 3.05) is 25.2 Å². The maximum atomic E-state index is 13.6. The number of ether oxygens (including phenoxy) is 1. The van der Waals surface area contributed by atoms with Gasteiger partial charge in [-0.3, -0.25) is 4.79 Å². The van der Waals surface area contributed by atoms with Gasteiger partial charge in [-0.25, -0.2) is 9.48 Å². The van der Waals surface area contributed by atoms with E-state index in [0.717, 1.165) is 17.7 Å². The molecule has 0 bridgehead atoms. The average molecular weight is 545 g/mol. The summed E-state index contributed by atoms with van der Waals surface area (Å²) in [7, 11) is 1.30. The monoisotopic (exact) mass is 544 g/mol. The van der Waals surface area contributed by atoms with E-state index in [4.69, 9.17) is 9.84 Å². The Morgan fingerprint density at radius 2 is 1.82 bits per heavy atom. The van der Waals surface area contributed by atoms with E-state index in [9.17, 15) is 22.8 Å². The fraction of sp³-hybridized carbons (Fsp3) is 0.393. The van der Waals surface area contributed by atoms with Gasteiger partial charge in [-0.15, -0.1) is 0 Å². The van der Waals surface area contributed by atoms with Crippen LogP contribution in [-0.2, 0) is 30.4 Å². The third-order valence-corrected chi connectivity index (χ3v) is 6.77. The molecule has 11 heteroatoms. The predicted octanol–water partition coefficient (Wildman–Crippen LogP) is 4.43. The summed E-state index contributed by atoms with van der Waals surface area (Å²) >= 11 is 0. The minimum atomic E-state index is -4.50. The van der Waals surface area contributed by atoms with E-state index >= 15 is 0 Å². The van der Waals surface area contributed by atoms with Crippen LogP contribution in [0, 0.1) is 6.92 Å². The molecule has 208 valence electrons. The molecule has 2 aromatic carbocycles. The highest BCUT2D eigenvalue weighted by molar-refractivity contribution is 6.00. The number of fused-ring (bicyclic) bond motifs is 1. The Morgan fingerprint density at radius 1 is 1.13 bits per heavy atom. The molecule has 1 aliphatic rings. The summed E-state index contributed by atoms with van der Waals surface area (Å²) in [6.07, 6.45) is -3.80. The Balaban J connectivity index is 1.56. The van der Waals surface area contributed by atoms with E-state index in [1.165, 1.54) is 7.11 Å². The van der Waals surface area contributed by atoms with Crippen molar-refractivity contribution in [1.82, 2.24) is 15.1 Å². The van der Waals surface area contributed by atoms with E-state index in [1.54, 1.807) is 41.9 Å². The number of nitrogens with zero attached hydrogens (tertiary/aromatic N) is 3. The topological polar surface area (TPSA) is 96.7 Å². The van der Waals surface area contributed by atoms with Crippen LogP contribution < -0.4 is 10.2 Å². The molecule has 2 N–H and O–H groups in total. The number of aromatic nitrogens is 2. The third-order valence-electron chi connectivity index (χ3n) is 6.77. The molecule has 0 radical (unpaired) electrons. The molecule has 1 amide bonds. The van der Waals surface area contributed by atoms with Crippen molar-refractivity contribution in [3.05, 3.63) is 81.5 Å². The molecule has 4 rings (SSSR count). The standard InChI is InChI=1S/C28H31F3N4O4/c1-17(21-6-8-22(9-7-21)27(38)39-3)32-25(37)24-18(2)33-35-11-10-34(26(24)35)16-20-13-19(5-4-12-36)14-23(15-20)28(29,30)31/h6-9,13-15,17,36H,4-5,10-12,16H2,1-3H3,(H,32,37)/t17-/m0/s1. The quantitative estimate of drug-likeness (QED) is 0.387. The number of nitrogens with one attached hydrogen (secondary N) is 1. The predicted molar refractivity (Wildman–Crippen MR) is 139 cm³/mol. The van der Waals surface area contributed by atoms with Gasteiger partial charge in [0.05, 0.1) is 36.5 Å². The van der Waals surface area contributed by atoms with Crippen LogP contribution in [0.1, 0.15) is 68.1 Å². The number of aryl methyl sites for hydroxylation is 2. The minimum Gasteiger partial charge on any atom is -0.465 e. The van der Waals surface area contributed by atoms with Gasteiger partial charge in [-0.1, -0.05) is 18.2 Å². The maximum Gasteiger partial charge on any atom is 0.416 e. The first kappa shape index (κ1) is 28.2. The molecule has 0 saturated heterocycles. The Kier molecular flexibility index (Phi) is 8.29. The molecule has 39 heavy (non-hydrogen) atoms. The number of alkyl halides is 3. The maximum absolute atomic E-state index is 13.6. The molecule has 0 fully saturated rings. The Morgan fingerprint density at radius 3 is 2.46 bits per heavy atom. The van der Waals surface area contributed by atoms with Crippen molar-refractivity contribution in [2.24, 2.45) is 0 Å². The van der Waals surface area contributed by atoms with Crippen LogP contribution in [0.3, 0.4) is 0 Å². The van der Waals surface area contributed by atoms with Crippen LogP contribution in [0.25, 0.3) is 0 Å². The van der Waals surface area contributed by atoms with Crippen LogP contribution >= 0.6 is 0 Å². The fourth-order valence-electron chi connectivity index (χ4n) is 4.83. The first-order valence-corrected chi connectivity index (χ1v) is 12.6. The zero-order valence-corrected chi connectivity index (χ0v) is 22.0. The number of rotatable bonds is 9. The lowest BCUT2D eigenvalue weighted by Crippen LogP contribution is -2.29. The summed E-state index contributed by atoms with van der Waals surface area (Å²) in [6.45, 7) is 4.61. The molecule has 0 unspecified atom stereocenters. The number of aliphatic hydroxyl groups excluding tert-OH is 1. The summed E-state index contributed by atoms with van der Waals surface area (Å²) in [5.74, 6) is -0.240. The second-order valence-electron chi connectivity index (χ2n) is 9.60. The molecule has 0 saturated carbocycles. The summed E-state index contributed by atoms with van der Waals surface area (Å²) in [6, 6.07) is 10.3. The average Bonchev–Trinajstić information content (AvgIpc) is 3.44. The van der Waals surface area contributed by atoms with Gasteiger partial charge >= 0.3 is 12.1 Å². The number of carbonyl (C=O) groups is 2. The molecular formula is C28H31F3N4O4. The van der Waals surface area contributed by atoms with Crippen LogP contribution in [-0.4, -0.2) is 47.0 Å². The van der Waals surface area contributed by atoms with Crippen molar-refractivity contribution in [3.8, 4) is 0 Å². The highest BCUT2D eigenvalue weighted by Crippen LogP contribution is 2.34. The number of halogens is 3. The Labute approximate surface area is 224 Å². The molecule has 0 spiro atoms. The van der Waals surface area contributed by atoms with Gasteiger partial charge < -0.3 is 20.1 Å². The van der Waals surface area contributed by atoms with E-state index in [-0.39, 0.29) is 25.1 Å². The molecule has 0 aliphatic carbocycles. The number of methoxy groups -OCH3 is 1. The number of hydrogen-bond acceptors (Lipinski definition) is 6. The van der Waals surface area contributed by atoms with Crippen molar-refractivity contribution in [2.45, 2.75) is 52.0 Å². The lowest BCUT2D eigenvalue weighted by molar-refractivity contribution is -0.137. The molecule has 1 atom stereocenters. The summed E-state index contributed by atoms with van der Waals surface area (Å²) < 4.78 is 47.2. The SMILES string of the molecule is COC(=O)c1ccc([C@H](C)NC(=O)c2c(C)nn3c2N(Cc2cc(CCCO)cc(C(F)(F)F)c2)CC3)cc1. The normalized spacial score (nSPS) is 13.8. The van der Waals surface area contributed by atoms with Gasteiger partial charge in [-0.05, 0) is 67.6 Å². The summed E-state index contributed by atoms with van der Waals surface area (Å²) in [4.78, 5) is 27.0. The molecular weight excluding hydrogens is 513 g/mol. The van der Waals surface area contributed by atoms with Gasteiger partial charge in [-0.2, -0.15) is 18.3 Å². The first-order chi connectivity index (χ1) is 18.5. The van der Waals surface area contributed by atoms with E-state index in [1.807, 2.05) is 11.8 Å². The third kappa shape index (κ3) is 6.25.